The summed E-state index contributed by atoms with van der Waals surface area (Å²) in [4.78, 5) is 0. The minimum absolute atomic E-state index is 0.165. The molecule has 0 heterocycles. The van der Waals surface area contributed by atoms with E-state index in [0.29, 0.717) is 12.5 Å². The lowest BCUT2D eigenvalue weighted by atomic mass is 9.78. The van der Waals surface area contributed by atoms with E-state index in [1.54, 1.807) is 0 Å². The van der Waals surface area contributed by atoms with Crippen LogP contribution in [0.2, 0.25) is 0 Å². The molecule has 1 unspecified atom stereocenters. The van der Waals surface area contributed by atoms with Crippen molar-refractivity contribution >= 4 is 21.5 Å². The van der Waals surface area contributed by atoms with Gasteiger partial charge in [0.15, 0.2) is 0 Å². The highest BCUT2D eigenvalue weighted by molar-refractivity contribution is 5.98. The first-order chi connectivity index (χ1) is 13.6. The normalized spacial score (nSPS) is 13.9. The molecule has 1 atom stereocenters. The van der Waals surface area contributed by atoms with Crippen molar-refractivity contribution < 1.29 is 5.11 Å². The van der Waals surface area contributed by atoms with Crippen LogP contribution in [-0.4, -0.2) is 11.7 Å². The van der Waals surface area contributed by atoms with Crippen LogP contribution in [0.3, 0.4) is 0 Å². The van der Waals surface area contributed by atoms with Gasteiger partial charge in [0, 0.05) is 6.61 Å². The largest absolute Gasteiger partial charge is 0.396 e. The molecule has 1 heteroatoms. The van der Waals surface area contributed by atoms with Crippen LogP contribution in [0, 0.1) is 5.92 Å². The summed E-state index contributed by atoms with van der Waals surface area (Å²) in [5.74, 6) is 0.608. The van der Waals surface area contributed by atoms with Crippen LogP contribution in [0.5, 0.6) is 0 Å². The first-order valence-corrected chi connectivity index (χ1v) is 11.2. The lowest BCUT2D eigenvalue weighted by Crippen LogP contribution is -2.17. The number of aliphatic hydroxyl groups is 1. The van der Waals surface area contributed by atoms with E-state index < -0.39 is 0 Å². The fourth-order valence-corrected chi connectivity index (χ4v) is 4.29. The molecule has 0 fully saturated rings. The van der Waals surface area contributed by atoms with Gasteiger partial charge >= 0.3 is 0 Å². The molecule has 156 valence electrons. The van der Waals surface area contributed by atoms with Crippen molar-refractivity contribution in [1.82, 2.24) is 0 Å². The van der Waals surface area contributed by atoms with Gasteiger partial charge in [0.1, 0.15) is 0 Å². The zero-order valence-corrected chi connectivity index (χ0v) is 19.2. The van der Waals surface area contributed by atoms with Crippen LogP contribution in [0.1, 0.15) is 78.4 Å². The Kier molecular flexibility index (Phi) is 6.39. The highest BCUT2D eigenvalue weighted by Gasteiger charge is 2.21. The molecule has 0 aliphatic carbocycles. The monoisotopic (exact) mass is 390 g/mol. The lowest BCUT2D eigenvalue weighted by Gasteiger charge is -2.26. The van der Waals surface area contributed by atoms with Crippen molar-refractivity contribution in [3.63, 3.8) is 0 Å². The summed E-state index contributed by atoms with van der Waals surface area (Å²) in [6.07, 6.45) is 4.50. The molecule has 3 aromatic carbocycles. The highest BCUT2D eigenvalue weighted by Crippen LogP contribution is 2.34. The molecule has 3 rings (SSSR count). The van der Waals surface area contributed by atoms with Crippen LogP contribution in [0.4, 0.5) is 0 Å². The predicted molar refractivity (Wildman–Crippen MR) is 128 cm³/mol. The van der Waals surface area contributed by atoms with Crippen molar-refractivity contribution in [3.05, 3.63) is 59.7 Å². The van der Waals surface area contributed by atoms with E-state index in [1.165, 1.54) is 51.9 Å². The van der Waals surface area contributed by atoms with Crippen molar-refractivity contribution in [2.75, 3.05) is 6.61 Å². The smallest absolute Gasteiger partial charge is 0.0433 e. The number of fused-ring (bicyclic) bond motifs is 2. The third-order valence-electron chi connectivity index (χ3n) is 6.56. The molecule has 0 saturated carbocycles. The van der Waals surface area contributed by atoms with E-state index in [2.05, 4.69) is 90.1 Å². The zero-order valence-electron chi connectivity index (χ0n) is 19.2. The molecular weight excluding hydrogens is 352 g/mol. The quantitative estimate of drug-likeness (QED) is 0.409. The average molecular weight is 391 g/mol. The lowest BCUT2D eigenvalue weighted by molar-refractivity contribution is 0.254. The Morgan fingerprint density at radius 1 is 0.724 bits per heavy atom. The van der Waals surface area contributed by atoms with Gasteiger partial charge in [-0.2, -0.15) is 0 Å². The van der Waals surface area contributed by atoms with Gasteiger partial charge < -0.3 is 5.11 Å². The molecule has 0 aliphatic rings. The van der Waals surface area contributed by atoms with E-state index in [0.717, 1.165) is 6.42 Å². The molecule has 0 spiro atoms. The second-order valence-electron chi connectivity index (χ2n) is 10.6. The van der Waals surface area contributed by atoms with E-state index in [9.17, 15) is 0 Å². The molecule has 1 nitrogen and oxygen atoms in total. The van der Waals surface area contributed by atoms with Gasteiger partial charge in [0.25, 0.3) is 0 Å². The third-order valence-corrected chi connectivity index (χ3v) is 6.56. The SMILES string of the molecule is CC(CCO)CCCC(C)(C)c1ccc2cc3cc(C(C)(C)C)ccc3cc2c1. The summed E-state index contributed by atoms with van der Waals surface area (Å²) in [6, 6.07) is 18.6. The Morgan fingerprint density at radius 2 is 1.28 bits per heavy atom. The molecular formula is C28H38O. The number of aliphatic hydroxyl groups excluding tert-OH is 1. The van der Waals surface area contributed by atoms with Gasteiger partial charge in [-0.05, 0) is 74.4 Å². The number of rotatable bonds is 7. The minimum atomic E-state index is 0.165. The number of hydrogen-bond donors (Lipinski definition) is 1. The average Bonchev–Trinajstić information content (AvgIpc) is 2.64. The van der Waals surface area contributed by atoms with Crippen LogP contribution in [0.15, 0.2) is 48.5 Å². The van der Waals surface area contributed by atoms with Gasteiger partial charge in [0.2, 0.25) is 0 Å². The summed E-state index contributed by atoms with van der Waals surface area (Å²) in [5, 5.41) is 14.4. The Hall–Kier alpha value is -1.86. The van der Waals surface area contributed by atoms with Crippen molar-refractivity contribution in [2.24, 2.45) is 5.92 Å². The van der Waals surface area contributed by atoms with Crippen molar-refractivity contribution in [2.45, 2.75) is 78.1 Å². The molecule has 1 N–H and O–H groups in total. The number of hydrogen-bond acceptors (Lipinski definition) is 1. The molecule has 29 heavy (non-hydrogen) atoms. The van der Waals surface area contributed by atoms with Crippen LogP contribution in [-0.2, 0) is 10.8 Å². The van der Waals surface area contributed by atoms with E-state index in [1.807, 2.05) is 0 Å². The summed E-state index contributed by atoms with van der Waals surface area (Å²) >= 11 is 0. The highest BCUT2D eigenvalue weighted by atomic mass is 16.3. The topological polar surface area (TPSA) is 20.2 Å². The van der Waals surface area contributed by atoms with Gasteiger partial charge in [-0.3, -0.25) is 0 Å². The summed E-state index contributed by atoms with van der Waals surface area (Å²) in [6.45, 7) is 14.1. The summed E-state index contributed by atoms with van der Waals surface area (Å²) < 4.78 is 0. The number of benzene rings is 3. The van der Waals surface area contributed by atoms with Crippen LogP contribution < -0.4 is 0 Å². The van der Waals surface area contributed by atoms with Gasteiger partial charge in [-0.25, -0.2) is 0 Å². The molecule has 0 saturated heterocycles. The zero-order chi connectivity index (χ0) is 21.2. The maximum atomic E-state index is 9.10. The Balaban J connectivity index is 1.86. The first kappa shape index (κ1) is 21.8. The van der Waals surface area contributed by atoms with E-state index in [-0.39, 0.29) is 10.8 Å². The Morgan fingerprint density at radius 3 is 1.83 bits per heavy atom. The molecule has 0 amide bonds. The fraction of sp³-hybridized carbons (Fsp3) is 0.500. The Bertz CT molecular complexity index is 975. The standard InChI is InChI=1S/C28H38O/c1-20(13-15-29)8-7-14-28(5,6)26-12-10-22-16-23-18-25(27(2,3)4)11-9-21(23)17-24(22)19-26/h9-12,16-20,29H,7-8,13-15H2,1-6H3. The van der Waals surface area contributed by atoms with Crippen molar-refractivity contribution in [1.29, 1.82) is 0 Å². The maximum Gasteiger partial charge on any atom is 0.0433 e. The summed E-state index contributed by atoms with van der Waals surface area (Å²) in [7, 11) is 0. The molecule has 0 aliphatic heterocycles. The third kappa shape index (κ3) is 5.20. The van der Waals surface area contributed by atoms with Gasteiger partial charge in [-0.15, -0.1) is 0 Å². The van der Waals surface area contributed by atoms with Gasteiger partial charge in [-0.1, -0.05) is 90.8 Å². The van der Waals surface area contributed by atoms with E-state index >= 15 is 0 Å². The maximum absolute atomic E-state index is 9.10. The van der Waals surface area contributed by atoms with E-state index in [4.69, 9.17) is 5.11 Å². The van der Waals surface area contributed by atoms with Crippen molar-refractivity contribution in [3.8, 4) is 0 Å². The molecule has 0 bridgehead atoms. The Labute approximate surface area is 177 Å². The molecule has 0 aromatic heterocycles. The second kappa shape index (κ2) is 8.48. The minimum Gasteiger partial charge on any atom is -0.396 e. The second-order valence-corrected chi connectivity index (χ2v) is 10.6. The summed E-state index contributed by atoms with van der Waals surface area (Å²) in [5.41, 5.74) is 3.15. The predicted octanol–water partition coefficient (Wildman–Crippen LogP) is 7.76. The molecule has 3 aromatic rings. The first-order valence-electron chi connectivity index (χ1n) is 11.2. The fourth-order valence-electron chi connectivity index (χ4n) is 4.29. The van der Waals surface area contributed by atoms with Gasteiger partial charge in [0.05, 0.1) is 0 Å². The van der Waals surface area contributed by atoms with Crippen LogP contribution in [0.25, 0.3) is 21.5 Å². The van der Waals surface area contributed by atoms with Crippen LogP contribution >= 0.6 is 0 Å². The molecule has 0 radical (unpaired) electrons.